The highest BCUT2D eigenvalue weighted by atomic mass is 16.1. The van der Waals surface area contributed by atoms with Crippen molar-refractivity contribution in [3.8, 4) is 0 Å². The van der Waals surface area contributed by atoms with E-state index in [-0.39, 0.29) is 23.8 Å². The van der Waals surface area contributed by atoms with Gasteiger partial charge in [-0.3, -0.25) is 14.2 Å². The van der Waals surface area contributed by atoms with E-state index in [9.17, 15) is 9.59 Å². The van der Waals surface area contributed by atoms with Gasteiger partial charge in [-0.15, -0.1) is 0 Å². The number of amides is 1. The molecule has 6 nitrogen and oxygen atoms in total. The summed E-state index contributed by atoms with van der Waals surface area (Å²) in [5.41, 5.74) is 7.07. The lowest BCUT2D eigenvalue weighted by Gasteiger charge is -2.11. The molecular formula is C16H22N4O2. The predicted molar refractivity (Wildman–Crippen MR) is 86.6 cm³/mol. The molecule has 0 fully saturated rings. The van der Waals surface area contributed by atoms with Crippen molar-refractivity contribution >= 4 is 16.8 Å². The molecule has 1 amide bonds. The fourth-order valence-electron chi connectivity index (χ4n) is 2.18. The number of nitrogens with zero attached hydrogens (tertiary/aromatic N) is 2. The van der Waals surface area contributed by atoms with E-state index >= 15 is 0 Å². The van der Waals surface area contributed by atoms with Crippen molar-refractivity contribution in [1.29, 1.82) is 0 Å². The van der Waals surface area contributed by atoms with Crippen LogP contribution in [0.2, 0.25) is 0 Å². The minimum Gasteiger partial charge on any atom is -0.356 e. The summed E-state index contributed by atoms with van der Waals surface area (Å²) in [4.78, 5) is 28.5. The van der Waals surface area contributed by atoms with Crippen molar-refractivity contribution in [2.75, 3.05) is 13.1 Å². The monoisotopic (exact) mass is 302 g/mol. The molecule has 2 aromatic rings. The molecule has 0 saturated heterocycles. The van der Waals surface area contributed by atoms with Gasteiger partial charge in [-0.2, -0.15) is 0 Å². The van der Waals surface area contributed by atoms with Crippen molar-refractivity contribution < 1.29 is 4.79 Å². The third-order valence-electron chi connectivity index (χ3n) is 3.69. The molecule has 22 heavy (non-hydrogen) atoms. The van der Waals surface area contributed by atoms with Gasteiger partial charge in [0.05, 0.1) is 17.2 Å². The number of nitrogens with two attached hydrogens (primary N) is 1. The zero-order chi connectivity index (χ0) is 16.1. The molecule has 1 aromatic heterocycles. The average Bonchev–Trinajstić information content (AvgIpc) is 2.52. The van der Waals surface area contributed by atoms with Crippen LogP contribution >= 0.6 is 0 Å². The molecule has 1 unspecified atom stereocenters. The van der Waals surface area contributed by atoms with Crippen molar-refractivity contribution in [2.45, 2.75) is 26.8 Å². The smallest absolute Gasteiger partial charge is 0.261 e. The van der Waals surface area contributed by atoms with Gasteiger partial charge in [-0.05, 0) is 31.0 Å². The maximum atomic E-state index is 12.4. The van der Waals surface area contributed by atoms with E-state index in [1.54, 1.807) is 6.07 Å². The molecule has 6 heteroatoms. The van der Waals surface area contributed by atoms with Gasteiger partial charge in [0.25, 0.3) is 5.56 Å². The number of aryl methyl sites for hydroxylation is 2. The predicted octanol–water partition coefficient (Wildman–Crippen LogP) is 0.806. The minimum absolute atomic E-state index is 0.0865. The maximum Gasteiger partial charge on any atom is 0.261 e. The zero-order valence-electron chi connectivity index (χ0n) is 13.0. The molecule has 1 aromatic carbocycles. The van der Waals surface area contributed by atoms with Crippen molar-refractivity contribution in [3.05, 3.63) is 40.4 Å². The minimum atomic E-state index is -0.114. The number of carbonyl (C=O) groups excluding carboxylic acids is 1. The van der Waals surface area contributed by atoms with Crippen LogP contribution in [0.25, 0.3) is 10.9 Å². The van der Waals surface area contributed by atoms with Gasteiger partial charge in [0.15, 0.2) is 0 Å². The largest absolute Gasteiger partial charge is 0.356 e. The van der Waals surface area contributed by atoms with E-state index in [0.717, 1.165) is 5.56 Å². The lowest BCUT2D eigenvalue weighted by Crippen LogP contribution is -2.32. The second-order valence-corrected chi connectivity index (χ2v) is 5.61. The van der Waals surface area contributed by atoms with Gasteiger partial charge < -0.3 is 11.1 Å². The summed E-state index contributed by atoms with van der Waals surface area (Å²) in [6, 6.07) is 5.52. The van der Waals surface area contributed by atoms with Crippen LogP contribution in [0, 0.1) is 12.8 Å². The number of carbonyl (C=O) groups is 1. The van der Waals surface area contributed by atoms with Crippen molar-refractivity contribution in [2.24, 2.45) is 11.7 Å². The molecule has 1 heterocycles. The van der Waals surface area contributed by atoms with Crippen molar-refractivity contribution in [1.82, 2.24) is 14.9 Å². The quantitative estimate of drug-likeness (QED) is 0.826. The van der Waals surface area contributed by atoms with Crippen LogP contribution in [-0.4, -0.2) is 28.5 Å². The Hall–Kier alpha value is -2.21. The van der Waals surface area contributed by atoms with Gasteiger partial charge >= 0.3 is 0 Å². The Morgan fingerprint density at radius 3 is 2.95 bits per heavy atom. The molecule has 0 aliphatic carbocycles. The first-order valence-corrected chi connectivity index (χ1v) is 7.44. The summed E-state index contributed by atoms with van der Waals surface area (Å²) < 4.78 is 1.48. The second-order valence-electron chi connectivity index (χ2n) is 5.61. The Morgan fingerprint density at radius 2 is 2.23 bits per heavy atom. The molecule has 0 bridgehead atoms. The molecular weight excluding hydrogens is 280 g/mol. The fourth-order valence-corrected chi connectivity index (χ4v) is 2.18. The van der Waals surface area contributed by atoms with Gasteiger partial charge in [-0.1, -0.05) is 19.1 Å². The van der Waals surface area contributed by atoms with E-state index in [2.05, 4.69) is 10.3 Å². The Morgan fingerprint density at radius 1 is 1.45 bits per heavy atom. The molecule has 3 N–H and O–H groups in total. The third-order valence-corrected chi connectivity index (χ3v) is 3.69. The lowest BCUT2D eigenvalue weighted by molar-refractivity contribution is -0.121. The molecule has 2 rings (SSSR count). The van der Waals surface area contributed by atoms with E-state index in [0.29, 0.717) is 30.5 Å². The van der Waals surface area contributed by atoms with E-state index < -0.39 is 0 Å². The number of aromatic nitrogens is 2. The van der Waals surface area contributed by atoms with Gasteiger partial charge in [-0.25, -0.2) is 4.98 Å². The summed E-state index contributed by atoms with van der Waals surface area (Å²) in [7, 11) is 0. The SMILES string of the molecule is Cc1cccc2c(=O)n(CCC(=O)NCC(C)CN)cnc12. The molecule has 0 saturated carbocycles. The summed E-state index contributed by atoms with van der Waals surface area (Å²) >= 11 is 0. The first-order chi connectivity index (χ1) is 10.5. The standard InChI is InChI=1S/C16H22N4O2/c1-11(8-17)9-18-14(21)6-7-20-10-19-15-12(2)4-3-5-13(15)16(20)22/h3-5,10-11H,6-9,17H2,1-2H3,(H,18,21). The maximum absolute atomic E-state index is 12.4. The van der Waals surface area contributed by atoms with Crippen LogP contribution in [0.3, 0.4) is 0 Å². The first-order valence-electron chi connectivity index (χ1n) is 7.44. The number of nitrogens with one attached hydrogen (secondary N) is 1. The average molecular weight is 302 g/mol. The first kappa shape index (κ1) is 16.2. The second kappa shape index (κ2) is 7.17. The van der Waals surface area contributed by atoms with Crippen LogP contribution in [0.4, 0.5) is 0 Å². The summed E-state index contributed by atoms with van der Waals surface area (Å²) in [5.74, 6) is 0.161. The molecule has 0 aliphatic heterocycles. The number of benzene rings is 1. The molecule has 1 atom stereocenters. The van der Waals surface area contributed by atoms with Gasteiger partial charge in [0, 0.05) is 19.5 Å². The van der Waals surface area contributed by atoms with E-state index in [4.69, 9.17) is 5.73 Å². The normalized spacial score (nSPS) is 12.3. The number of para-hydroxylation sites is 1. The molecule has 0 spiro atoms. The zero-order valence-corrected chi connectivity index (χ0v) is 13.0. The van der Waals surface area contributed by atoms with Crippen LogP contribution < -0.4 is 16.6 Å². The topological polar surface area (TPSA) is 90.0 Å². The Balaban J connectivity index is 2.05. The molecule has 0 aliphatic rings. The lowest BCUT2D eigenvalue weighted by atomic mass is 10.1. The highest BCUT2D eigenvalue weighted by Gasteiger charge is 2.08. The fraction of sp³-hybridized carbons (Fsp3) is 0.438. The number of fused-ring (bicyclic) bond motifs is 1. The summed E-state index contributed by atoms with van der Waals surface area (Å²) in [6.07, 6.45) is 1.75. The number of hydrogen-bond acceptors (Lipinski definition) is 4. The summed E-state index contributed by atoms with van der Waals surface area (Å²) in [5, 5.41) is 3.40. The van der Waals surface area contributed by atoms with Crippen LogP contribution in [0.1, 0.15) is 18.9 Å². The highest BCUT2D eigenvalue weighted by Crippen LogP contribution is 2.11. The van der Waals surface area contributed by atoms with E-state index in [1.165, 1.54) is 10.9 Å². The summed E-state index contributed by atoms with van der Waals surface area (Å²) in [6.45, 7) is 5.30. The molecule has 0 radical (unpaired) electrons. The number of hydrogen-bond donors (Lipinski definition) is 2. The van der Waals surface area contributed by atoms with Crippen molar-refractivity contribution in [3.63, 3.8) is 0 Å². The van der Waals surface area contributed by atoms with E-state index in [1.807, 2.05) is 26.0 Å². The molecule has 118 valence electrons. The van der Waals surface area contributed by atoms with Crippen LogP contribution in [0.15, 0.2) is 29.3 Å². The Kier molecular flexibility index (Phi) is 5.27. The van der Waals surface area contributed by atoms with Crippen LogP contribution in [0.5, 0.6) is 0 Å². The number of rotatable bonds is 6. The van der Waals surface area contributed by atoms with Gasteiger partial charge in [0.1, 0.15) is 0 Å². The Bertz CT molecular complexity index is 724. The third kappa shape index (κ3) is 3.71. The van der Waals surface area contributed by atoms with Gasteiger partial charge in [0.2, 0.25) is 5.91 Å². The Labute approximate surface area is 129 Å². The van der Waals surface area contributed by atoms with Crippen LogP contribution in [-0.2, 0) is 11.3 Å². The highest BCUT2D eigenvalue weighted by molar-refractivity contribution is 5.80.